The molecule has 0 bridgehead atoms. The van der Waals surface area contributed by atoms with Gasteiger partial charge < -0.3 is 24.8 Å². The second-order valence-corrected chi connectivity index (χ2v) is 5.54. The molecule has 0 saturated carbocycles. The monoisotopic (exact) mass is 321 g/mol. The molecule has 0 radical (unpaired) electrons. The molecule has 0 aliphatic carbocycles. The molecule has 1 aromatic rings. The molecule has 1 heterocycles. The minimum Gasteiger partial charge on any atom is -0.496 e. The topological polar surface area (TPSA) is 69.3 Å². The van der Waals surface area contributed by atoms with Crippen LogP contribution in [0.5, 0.6) is 17.2 Å². The van der Waals surface area contributed by atoms with Crippen molar-refractivity contribution in [2.45, 2.75) is 25.7 Å². The van der Waals surface area contributed by atoms with Gasteiger partial charge in [0.2, 0.25) is 0 Å². The quantitative estimate of drug-likeness (QED) is 0.494. The van der Waals surface area contributed by atoms with Crippen LogP contribution in [0.1, 0.15) is 25.7 Å². The summed E-state index contributed by atoms with van der Waals surface area (Å²) in [6.07, 6.45) is 4.95. The zero-order valence-corrected chi connectivity index (χ0v) is 14.1. The van der Waals surface area contributed by atoms with Crippen LogP contribution in [0.2, 0.25) is 0 Å². The first-order valence-corrected chi connectivity index (χ1v) is 8.13. The van der Waals surface area contributed by atoms with Crippen LogP contribution in [0, 0.1) is 0 Å². The van der Waals surface area contributed by atoms with Crippen molar-refractivity contribution < 1.29 is 14.2 Å². The molecule has 1 saturated heterocycles. The van der Waals surface area contributed by atoms with Crippen molar-refractivity contribution >= 4 is 5.96 Å². The standard InChI is InChI=1S/C17H27N3O3/c1-21-14-11-15(22-2)13-16(12-14)23-10-7-19-17(18)20-8-5-3-4-6-9-20/h11-13H,3-10H2,1-2H3,(H2,18,19). The van der Waals surface area contributed by atoms with E-state index in [9.17, 15) is 0 Å². The number of hydrogen-bond acceptors (Lipinski definition) is 4. The minimum absolute atomic E-state index is 0.463. The van der Waals surface area contributed by atoms with Crippen molar-refractivity contribution in [1.82, 2.24) is 4.90 Å². The maximum atomic E-state index is 6.07. The predicted octanol–water partition coefficient (Wildman–Crippen LogP) is 2.27. The summed E-state index contributed by atoms with van der Waals surface area (Å²) in [5.74, 6) is 2.72. The van der Waals surface area contributed by atoms with E-state index in [1.807, 2.05) is 18.2 Å². The third-order valence-electron chi connectivity index (χ3n) is 3.89. The van der Waals surface area contributed by atoms with Crippen molar-refractivity contribution in [2.75, 3.05) is 40.5 Å². The molecule has 2 N–H and O–H groups in total. The van der Waals surface area contributed by atoms with E-state index < -0.39 is 0 Å². The molecule has 1 fully saturated rings. The number of ether oxygens (including phenoxy) is 3. The van der Waals surface area contributed by atoms with Gasteiger partial charge in [0.05, 0.1) is 20.8 Å². The molecule has 0 aromatic heterocycles. The van der Waals surface area contributed by atoms with Crippen LogP contribution in [0.15, 0.2) is 23.2 Å². The summed E-state index contributed by atoms with van der Waals surface area (Å²) in [5.41, 5.74) is 6.07. The van der Waals surface area contributed by atoms with Gasteiger partial charge in [-0.15, -0.1) is 0 Å². The zero-order valence-electron chi connectivity index (χ0n) is 14.1. The number of benzene rings is 1. The molecule has 6 heteroatoms. The van der Waals surface area contributed by atoms with Crippen molar-refractivity contribution in [3.05, 3.63) is 18.2 Å². The summed E-state index contributed by atoms with van der Waals surface area (Å²) < 4.78 is 16.1. The summed E-state index contributed by atoms with van der Waals surface area (Å²) in [6.45, 7) is 3.00. The number of methoxy groups -OCH3 is 2. The molecule has 0 spiro atoms. The van der Waals surface area contributed by atoms with Gasteiger partial charge in [-0.2, -0.15) is 0 Å². The van der Waals surface area contributed by atoms with Gasteiger partial charge in [0.1, 0.15) is 23.9 Å². The van der Waals surface area contributed by atoms with Crippen molar-refractivity contribution in [3.8, 4) is 17.2 Å². The number of likely N-dealkylation sites (tertiary alicyclic amines) is 1. The molecule has 6 nitrogen and oxygen atoms in total. The molecule has 1 aliphatic rings. The van der Waals surface area contributed by atoms with E-state index in [2.05, 4.69) is 9.89 Å². The van der Waals surface area contributed by atoms with Crippen LogP contribution in [-0.4, -0.2) is 51.3 Å². The average Bonchev–Trinajstić information content (AvgIpc) is 2.87. The van der Waals surface area contributed by atoms with Gasteiger partial charge in [-0.25, -0.2) is 4.99 Å². The summed E-state index contributed by atoms with van der Waals surface area (Å²) >= 11 is 0. The third kappa shape index (κ3) is 5.54. The fourth-order valence-corrected chi connectivity index (χ4v) is 2.59. The van der Waals surface area contributed by atoms with Crippen LogP contribution in [0.4, 0.5) is 0 Å². The van der Waals surface area contributed by atoms with E-state index in [1.54, 1.807) is 14.2 Å². The smallest absolute Gasteiger partial charge is 0.191 e. The van der Waals surface area contributed by atoms with Gasteiger partial charge in [0.25, 0.3) is 0 Å². The highest BCUT2D eigenvalue weighted by atomic mass is 16.5. The summed E-state index contributed by atoms with van der Waals surface area (Å²) in [6, 6.07) is 5.46. The van der Waals surface area contributed by atoms with E-state index in [0.29, 0.717) is 36.4 Å². The number of nitrogens with two attached hydrogens (primary N) is 1. The normalized spacial score (nSPS) is 15.9. The van der Waals surface area contributed by atoms with Crippen LogP contribution >= 0.6 is 0 Å². The first kappa shape index (κ1) is 17.2. The second-order valence-electron chi connectivity index (χ2n) is 5.54. The lowest BCUT2D eigenvalue weighted by atomic mass is 10.2. The lowest BCUT2D eigenvalue weighted by Crippen LogP contribution is -2.38. The van der Waals surface area contributed by atoms with Gasteiger partial charge in [-0.1, -0.05) is 12.8 Å². The van der Waals surface area contributed by atoms with Crippen molar-refractivity contribution in [3.63, 3.8) is 0 Å². The lowest BCUT2D eigenvalue weighted by molar-refractivity contribution is 0.319. The van der Waals surface area contributed by atoms with E-state index in [4.69, 9.17) is 19.9 Å². The highest BCUT2D eigenvalue weighted by Crippen LogP contribution is 2.27. The van der Waals surface area contributed by atoms with Gasteiger partial charge in [-0.3, -0.25) is 0 Å². The molecule has 0 unspecified atom stereocenters. The van der Waals surface area contributed by atoms with Crippen LogP contribution < -0.4 is 19.9 Å². The minimum atomic E-state index is 0.463. The highest BCUT2D eigenvalue weighted by Gasteiger charge is 2.10. The zero-order chi connectivity index (χ0) is 16.5. The molecule has 128 valence electrons. The maximum absolute atomic E-state index is 6.07. The number of hydrogen-bond donors (Lipinski definition) is 1. The van der Waals surface area contributed by atoms with E-state index >= 15 is 0 Å². The molecule has 0 atom stereocenters. The Balaban J connectivity index is 1.83. The summed E-state index contributed by atoms with van der Waals surface area (Å²) in [4.78, 5) is 6.59. The Morgan fingerprint density at radius 3 is 2.13 bits per heavy atom. The Morgan fingerprint density at radius 2 is 1.57 bits per heavy atom. The van der Waals surface area contributed by atoms with Crippen LogP contribution in [0.3, 0.4) is 0 Å². The van der Waals surface area contributed by atoms with Gasteiger partial charge in [0, 0.05) is 31.3 Å². The van der Waals surface area contributed by atoms with Gasteiger partial charge in [0.15, 0.2) is 5.96 Å². The summed E-state index contributed by atoms with van der Waals surface area (Å²) in [7, 11) is 3.23. The second kappa shape index (κ2) is 9.12. The van der Waals surface area contributed by atoms with E-state index in [1.165, 1.54) is 25.7 Å². The Labute approximate surface area is 138 Å². The maximum Gasteiger partial charge on any atom is 0.191 e. The fraction of sp³-hybridized carbons (Fsp3) is 0.588. The number of nitrogens with zero attached hydrogens (tertiary/aromatic N) is 2. The van der Waals surface area contributed by atoms with E-state index in [0.717, 1.165) is 13.1 Å². The molecule has 0 amide bonds. The Bertz CT molecular complexity index is 490. The van der Waals surface area contributed by atoms with Crippen molar-refractivity contribution in [1.29, 1.82) is 0 Å². The molecular formula is C17H27N3O3. The number of aliphatic imine (C=N–C) groups is 1. The largest absolute Gasteiger partial charge is 0.496 e. The van der Waals surface area contributed by atoms with Crippen LogP contribution in [0.25, 0.3) is 0 Å². The molecule has 23 heavy (non-hydrogen) atoms. The third-order valence-corrected chi connectivity index (χ3v) is 3.89. The van der Waals surface area contributed by atoms with Crippen molar-refractivity contribution in [2.24, 2.45) is 10.7 Å². The van der Waals surface area contributed by atoms with E-state index in [-0.39, 0.29) is 0 Å². The first-order chi connectivity index (χ1) is 11.2. The molecule has 1 aromatic carbocycles. The SMILES string of the molecule is COc1cc(OC)cc(OCCN=C(N)N2CCCCCC2)c1. The highest BCUT2D eigenvalue weighted by molar-refractivity contribution is 5.78. The predicted molar refractivity (Wildman–Crippen MR) is 91.6 cm³/mol. The number of rotatable bonds is 6. The Morgan fingerprint density at radius 1 is 1.00 bits per heavy atom. The fourth-order valence-electron chi connectivity index (χ4n) is 2.59. The Hall–Kier alpha value is -2.11. The lowest BCUT2D eigenvalue weighted by Gasteiger charge is -2.21. The molecule has 2 rings (SSSR count). The number of guanidine groups is 1. The van der Waals surface area contributed by atoms with Crippen LogP contribution in [-0.2, 0) is 0 Å². The molecular weight excluding hydrogens is 294 g/mol. The Kier molecular flexibility index (Phi) is 6.84. The first-order valence-electron chi connectivity index (χ1n) is 8.13. The summed E-state index contributed by atoms with van der Waals surface area (Å²) in [5, 5.41) is 0. The van der Waals surface area contributed by atoms with Gasteiger partial charge in [-0.05, 0) is 12.8 Å². The van der Waals surface area contributed by atoms with Gasteiger partial charge >= 0.3 is 0 Å². The molecule has 1 aliphatic heterocycles. The average molecular weight is 321 g/mol.